The van der Waals surface area contributed by atoms with Crippen LogP contribution in [0.2, 0.25) is 0 Å². The lowest BCUT2D eigenvalue weighted by atomic mass is 10.1. The van der Waals surface area contributed by atoms with Crippen LogP contribution >= 0.6 is 0 Å². The molecule has 2 rings (SSSR count). The van der Waals surface area contributed by atoms with Crippen molar-refractivity contribution in [3.8, 4) is 0 Å². The van der Waals surface area contributed by atoms with Crippen LogP contribution in [0.3, 0.4) is 0 Å². The number of carbonyl (C=O) groups is 1. The smallest absolute Gasteiger partial charge is 0.410 e. The molecule has 0 saturated carbocycles. The number of rotatable bonds is 8. The number of hydrogen-bond donors (Lipinski definition) is 2. The van der Waals surface area contributed by atoms with Gasteiger partial charge in [-0.25, -0.2) is 4.79 Å². The highest BCUT2D eigenvalue weighted by Gasteiger charge is 2.19. The molecule has 0 radical (unpaired) electrons. The highest BCUT2D eigenvalue weighted by atomic mass is 16.6. The predicted octanol–water partition coefficient (Wildman–Crippen LogP) is 3.04. The van der Waals surface area contributed by atoms with Crippen molar-refractivity contribution in [3.63, 3.8) is 0 Å². The van der Waals surface area contributed by atoms with E-state index in [9.17, 15) is 4.79 Å². The average Bonchev–Trinajstić information content (AvgIpc) is 3.12. The molecule has 0 aliphatic carbocycles. The van der Waals surface area contributed by atoms with Crippen molar-refractivity contribution in [2.24, 2.45) is 4.99 Å². The number of nitrogens with zero attached hydrogens (tertiary/aromatic N) is 4. The molecule has 2 N–H and O–H groups in total. The first-order valence-electron chi connectivity index (χ1n) is 10.4. The van der Waals surface area contributed by atoms with Gasteiger partial charge < -0.3 is 24.8 Å². The molecule has 0 aliphatic heterocycles. The van der Waals surface area contributed by atoms with E-state index >= 15 is 0 Å². The van der Waals surface area contributed by atoms with Crippen LogP contribution in [-0.4, -0.2) is 53.3 Å². The summed E-state index contributed by atoms with van der Waals surface area (Å²) >= 11 is 0. The van der Waals surface area contributed by atoms with E-state index < -0.39 is 5.60 Å². The van der Waals surface area contributed by atoms with Crippen LogP contribution in [0.4, 0.5) is 4.79 Å². The molecule has 170 valence electrons. The highest BCUT2D eigenvalue weighted by Crippen LogP contribution is 2.12. The van der Waals surface area contributed by atoms with Gasteiger partial charge in [0.15, 0.2) is 11.8 Å². The Labute approximate surface area is 184 Å². The lowest BCUT2D eigenvalue weighted by Crippen LogP contribution is -2.37. The average molecular weight is 431 g/mol. The van der Waals surface area contributed by atoms with E-state index in [1.807, 2.05) is 52.0 Å². The van der Waals surface area contributed by atoms with Gasteiger partial charge in [-0.3, -0.25) is 4.99 Å². The summed E-state index contributed by atoms with van der Waals surface area (Å²) in [6.07, 6.45) is 1.26. The maximum absolute atomic E-state index is 12.1. The van der Waals surface area contributed by atoms with E-state index in [2.05, 4.69) is 25.8 Å². The van der Waals surface area contributed by atoms with Gasteiger partial charge in [0, 0.05) is 40.2 Å². The number of nitrogens with one attached hydrogen (secondary N) is 2. The van der Waals surface area contributed by atoms with Gasteiger partial charge in [-0.1, -0.05) is 29.4 Å². The minimum Gasteiger partial charge on any atom is -0.444 e. The Morgan fingerprint density at radius 1 is 1.19 bits per heavy atom. The molecule has 0 saturated heterocycles. The van der Waals surface area contributed by atoms with E-state index in [1.54, 1.807) is 19.0 Å². The summed E-state index contributed by atoms with van der Waals surface area (Å²) in [6, 6.07) is 8.10. The van der Waals surface area contributed by atoms with Gasteiger partial charge in [0.05, 0.1) is 0 Å². The summed E-state index contributed by atoms with van der Waals surface area (Å²) in [5.74, 6) is 2.04. The van der Waals surface area contributed by atoms with E-state index in [-0.39, 0.29) is 6.09 Å². The third-order valence-corrected chi connectivity index (χ3v) is 4.26. The number of ether oxygens (including phenoxy) is 1. The molecule has 1 heterocycles. The van der Waals surface area contributed by atoms with Gasteiger partial charge in [-0.05, 0) is 45.2 Å². The van der Waals surface area contributed by atoms with E-state index in [1.165, 1.54) is 0 Å². The minimum absolute atomic E-state index is 0.331. The van der Waals surface area contributed by atoms with Gasteiger partial charge in [0.2, 0.25) is 5.89 Å². The number of carbonyl (C=O) groups excluding carboxylic acids is 1. The van der Waals surface area contributed by atoms with Crippen molar-refractivity contribution in [3.05, 3.63) is 47.1 Å². The zero-order valence-electron chi connectivity index (χ0n) is 19.4. The second-order valence-electron chi connectivity index (χ2n) is 8.34. The Bertz CT molecular complexity index is 855. The van der Waals surface area contributed by atoms with Gasteiger partial charge >= 0.3 is 6.09 Å². The van der Waals surface area contributed by atoms with Crippen LogP contribution in [0.25, 0.3) is 0 Å². The van der Waals surface area contributed by atoms with Gasteiger partial charge in [0.25, 0.3) is 0 Å². The first kappa shape index (κ1) is 24.2. The Morgan fingerprint density at radius 3 is 2.45 bits per heavy atom. The standard InChI is InChI=1S/C22H34N6O3/c1-16-26-19(31-27-16)8-7-13-24-20(23-5)25-14-17-9-11-18(12-10-17)15-28(6)21(29)30-22(2,3)4/h9-12H,7-8,13-15H2,1-6H3,(H2,23,24,25). The normalized spacial score (nSPS) is 11.9. The molecule has 0 bridgehead atoms. The minimum atomic E-state index is -0.501. The van der Waals surface area contributed by atoms with E-state index in [0.717, 1.165) is 36.5 Å². The topological polar surface area (TPSA) is 105 Å². The van der Waals surface area contributed by atoms with Crippen molar-refractivity contribution in [2.75, 3.05) is 20.6 Å². The number of aliphatic imine (C=N–C) groups is 1. The van der Waals surface area contributed by atoms with Crippen molar-refractivity contribution in [1.29, 1.82) is 0 Å². The van der Waals surface area contributed by atoms with Crippen molar-refractivity contribution in [2.45, 2.75) is 59.2 Å². The van der Waals surface area contributed by atoms with Crippen LogP contribution in [0.5, 0.6) is 0 Å². The molecule has 2 aromatic rings. The largest absolute Gasteiger partial charge is 0.444 e. The molecule has 0 spiro atoms. The summed E-state index contributed by atoms with van der Waals surface area (Å²) in [4.78, 5) is 22.1. The fourth-order valence-corrected chi connectivity index (χ4v) is 2.74. The molecule has 1 aromatic carbocycles. The second-order valence-corrected chi connectivity index (χ2v) is 8.34. The molecule has 0 atom stereocenters. The molecule has 31 heavy (non-hydrogen) atoms. The Kier molecular flexibility index (Phi) is 8.84. The van der Waals surface area contributed by atoms with E-state index in [4.69, 9.17) is 9.26 Å². The molecule has 0 unspecified atom stereocenters. The first-order chi connectivity index (χ1) is 14.7. The summed E-state index contributed by atoms with van der Waals surface area (Å²) in [7, 11) is 3.48. The number of aryl methyl sites for hydroxylation is 2. The summed E-state index contributed by atoms with van der Waals surface area (Å²) in [6.45, 7) is 9.27. The zero-order valence-corrected chi connectivity index (χ0v) is 19.4. The number of hydrogen-bond acceptors (Lipinski definition) is 6. The van der Waals surface area contributed by atoms with Crippen molar-refractivity contribution >= 4 is 12.1 Å². The number of aromatic nitrogens is 2. The molecule has 1 aromatic heterocycles. The fourth-order valence-electron chi connectivity index (χ4n) is 2.74. The molecule has 9 heteroatoms. The fraction of sp³-hybridized carbons (Fsp3) is 0.545. The predicted molar refractivity (Wildman–Crippen MR) is 120 cm³/mol. The molecular formula is C22H34N6O3. The summed E-state index contributed by atoms with van der Waals surface area (Å²) in [5.41, 5.74) is 1.66. The zero-order chi connectivity index (χ0) is 22.9. The number of benzene rings is 1. The van der Waals surface area contributed by atoms with Gasteiger partial charge in [-0.2, -0.15) is 4.98 Å². The van der Waals surface area contributed by atoms with Crippen LogP contribution in [0, 0.1) is 6.92 Å². The lowest BCUT2D eigenvalue weighted by Gasteiger charge is -2.24. The van der Waals surface area contributed by atoms with Crippen molar-refractivity contribution < 1.29 is 14.1 Å². The summed E-state index contributed by atoms with van der Waals surface area (Å²) < 4.78 is 10.5. The van der Waals surface area contributed by atoms with Crippen molar-refractivity contribution in [1.82, 2.24) is 25.7 Å². The summed E-state index contributed by atoms with van der Waals surface area (Å²) in [5, 5.41) is 10.4. The third-order valence-electron chi connectivity index (χ3n) is 4.26. The quantitative estimate of drug-likeness (QED) is 0.377. The number of amides is 1. The Morgan fingerprint density at radius 2 is 1.87 bits per heavy atom. The monoisotopic (exact) mass is 430 g/mol. The molecule has 0 fully saturated rings. The number of guanidine groups is 1. The second kappa shape index (κ2) is 11.3. The molecule has 1 amide bonds. The molecule has 9 nitrogen and oxygen atoms in total. The Balaban J connectivity index is 1.72. The Hall–Kier alpha value is -3.10. The van der Waals surface area contributed by atoms with Gasteiger partial charge in [0.1, 0.15) is 5.60 Å². The maximum atomic E-state index is 12.1. The maximum Gasteiger partial charge on any atom is 0.410 e. The SMILES string of the molecule is CN=C(NCCCc1nc(C)no1)NCc1ccc(CN(C)C(=O)OC(C)(C)C)cc1. The molecular weight excluding hydrogens is 396 g/mol. The lowest BCUT2D eigenvalue weighted by molar-refractivity contribution is 0.0285. The third kappa shape index (κ3) is 9.06. The van der Waals surface area contributed by atoms with Crippen LogP contribution in [-0.2, 0) is 24.2 Å². The van der Waals surface area contributed by atoms with Gasteiger partial charge in [-0.15, -0.1) is 0 Å². The molecule has 0 aliphatic rings. The van der Waals surface area contributed by atoms with Crippen LogP contribution < -0.4 is 10.6 Å². The highest BCUT2D eigenvalue weighted by molar-refractivity contribution is 5.79. The van der Waals surface area contributed by atoms with Crippen LogP contribution in [0.1, 0.15) is 50.0 Å². The first-order valence-corrected chi connectivity index (χ1v) is 10.4. The van der Waals surface area contributed by atoms with Crippen LogP contribution in [0.15, 0.2) is 33.8 Å². The van der Waals surface area contributed by atoms with E-state index in [0.29, 0.717) is 24.8 Å².